The first kappa shape index (κ1) is 27.7. The number of nitrogens with zero attached hydrogens (tertiary/aromatic N) is 1. The minimum absolute atomic E-state index is 0.326. The number of fused-ring (bicyclic) bond motifs is 3. The third kappa shape index (κ3) is 6.45. The van der Waals surface area contributed by atoms with Crippen LogP contribution in [0.3, 0.4) is 0 Å². The Bertz CT molecular complexity index is 1110. The summed E-state index contributed by atoms with van der Waals surface area (Å²) in [4.78, 5) is 51.6. The van der Waals surface area contributed by atoms with Gasteiger partial charge in [0.1, 0.15) is 18.1 Å². The quantitative estimate of drug-likeness (QED) is 0.360. The van der Waals surface area contributed by atoms with E-state index in [-0.39, 0.29) is 5.91 Å². The Hall–Kier alpha value is -3.92. The van der Waals surface area contributed by atoms with Crippen molar-refractivity contribution in [2.45, 2.75) is 45.0 Å². The molecule has 0 fully saturated rings. The second kappa shape index (κ2) is 12.4. The average molecular weight is 510 g/mol. The van der Waals surface area contributed by atoms with Gasteiger partial charge >= 0.3 is 6.09 Å². The molecule has 0 aromatic heterocycles. The van der Waals surface area contributed by atoms with Gasteiger partial charge in [-0.3, -0.25) is 19.3 Å². The molecule has 1 aliphatic rings. The summed E-state index contributed by atoms with van der Waals surface area (Å²) in [7, 11) is 3.24. The number of likely N-dealkylation sites (N-methyl/N-ethyl adjacent to an activating group) is 2. The first-order valence-corrected chi connectivity index (χ1v) is 12.3. The molecule has 2 aromatic carbocycles. The summed E-state index contributed by atoms with van der Waals surface area (Å²) in [6.45, 7) is 5.66. The summed E-state index contributed by atoms with van der Waals surface area (Å²) >= 11 is 0. The molecule has 0 saturated heterocycles. The minimum atomic E-state index is -0.916. The predicted molar refractivity (Wildman–Crippen MR) is 140 cm³/mol. The molecule has 4 amide bonds. The van der Waals surface area contributed by atoms with Gasteiger partial charge in [-0.25, -0.2) is 4.79 Å². The Kier molecular flexibility index (Phi) is 9.24. The van der Waals surface area contributed by atoms with E-state index >= 15 is 0 Å². The Labute approximate surface area is 217 Å². The zero-order chi connectivity index (χ0) is 27.1. The van der Waals surface area contributed by atoms with Gasteiger partial charge in [0.2, 0.25) is 17.7 Å². The van der Waals surface area contributed by atoms with Crippen molar-refractivity contribution >= 4 is 23.8 Å². The molecular formula is C27H35N5O5. The van der Waals surface area contributed by atoms with Crippen molar-refractivity contribution in [3.8, 4) is 11.1 Å². The van der Waals surface area contributed by atoms with Crippen molar-refractivity contribution in [1.29, 1.82) is 0 Å². The number of amides is 4. The van der Waals surface area contributed by atoms with Gasteiger partial charge in [0.25, 0.3) is 0 Å². The maximum absolute atomic E-state index is 13.0. The third-order valence-electron chi connectivity index (χ3n) is 6.42. The lowest BCUT2D eigenvalue weighted by atomic mass is 10.1. The van der Waals surface area contributed by atoms with Crippen molar-refractivity contribution in [2.75, 3.05) is 27.2 Å². The average Bonchev–Trinajstić information content (AvgIpc) is 3.21. The Morgan fingerprint density at radius 1 is 0.811 bits per heavy atom. The van der Waals surface area contributed by atoms with E-state index in [4.69, 9.17) is 4.74 Å². The van der Waals surface area contributed by atoms with Crippen LogP contribution in [-0.2, 0) is 19.1 Å². The number of rotatable bonds is 10. The molecule has 10 nitrogen and oxygen atoms in total. The summed E-state index contributed by atoms with van der Waals surface area (Å²) in [5.74, 6) is -1.37. The van der Waals surface area contributed by atoms with Crippen LogP contribution in [0.4, 0.5) is 4.79 Å². The number of hydrogen-bond donors (Lipinski definition) is 4. The molecule has 0 unspecified atom stereocenters. The van der Waals surface area contributed by atoms with Crippen molar-refractivity contribution in [3.05, 3.63) is 59.7 Å². The van der Waals surface area contributed by atoms with Crippen LogP contribution in [0.15, 0.2) is 48.5 Å². The van der Waals surface area contributed by atoms with Gasteiger partial charge in [0.15, 0.2) is 6.10 Å². The van der Waals surface area contributed by atoms with Gasteiger partial charge in [0.05, 0.1) is 0 Å². The SMILES string of the molecule is CNCCNC(=O)[C@H](C)NC(=O)[C@H](C)NC(=O)[C@H](C)N(C)C(=O)OC1c2ccccc2-c2ccccc21. The van der Waals surface area contributed by atoms with Gasteiger partial charge in [-0.1, -0.05) is 48.5 Å². The normalized spacial score (nSPS) is 14.4. The third-order valence-corrected chi connectivity index (χ3v) is 6.42. The Morgan fingerprint density at radius 2 is 1.32 bits per heavy atom. The molecule has 10 heteroatoms. The lowest BCUT2D eigenvalue weighted by molar-refractivity contribution is -0.132. The number of carbonyl (C=O) groups excluding carboxylic acids is 4. The van der Waals surface area contributed by atoms with Gasteiger partial charge < -0.3 is 26.0 Å². The maximum atomic E-state index is 13.0. The molecule has 198 valence electrons. The Balaban J connectivity index is 1.56. The lowest BCUT2D eigenvalue weighted by Gasteiger charge is -2.27. The van der Waals surface area contributed by atoms with Crippen LogP contribution in [-0.4, -0.2) is 74.0 Å². The zero-order valence-electron chi connectivity index (χ0n) is 21.8. The van der Waals surface area contributed by atoms with Crippen LogP contribution < -0.4 is 21.3 Å². The number of benzene rings is 2. The lowest BCUT2D eigenvalue weighted by Crippen LogP contribution is -2.55. The van der Waals surface area contributed by atoms with Gasteiger partial charge in [-0.2, -0.15) is 0 Å². The van der Waals surface area contributed by atoms with Gasteiger partial charge in [0, 0.05) is 31.3 Å². The van der Waals surface area contributed by atoms with Crippen LogP contribution in [0.5, 0.6) is 0 Å². The van der Waals surface area contributed by atoms with Crippen molar-refractivity contribution in [1.82, 2.24) is 26.2 Å². The van der Waals surface area contributed by atoms with Crippen molar-refractivity contribution in [2.24, 2.45) is 0 Å². The van der Waals surface area contributed by atoms with Crippen LogP contribution in [0.1, 0.15) is 38.0 Å². The number of hydrogen-bond acceptors (Lipinski definition) is 6. The molecule has 0 aliphatic heterocycles. The van der Waals surface area contributed by atoms with E-state index in [2.05, 4.69) is 21.3 Å². The summed E-state index contributed by atoms with van der Waals surface area (Å²) < 4.78 is 5.85. The van der Waals surface area contributed by atoms with Crippen LogP contribution in [0.25, 0.3) is 11.1 Å². The van der Waals surface area contributed by atoms with Crippen molar-refractivity contribution < 1.29 is 23.9 Å². The first-order valence-electron chi connectivity index (χ1n) is 12.3. The molecular weight excluding hydrogens is 474 g/mol. The van der Waals surface area contributed by atoms with Crippen LogP contribution in [0.2, 0.25) is 0 Å². The molecule has 37 heavy (non-hydrogen) atoms. The molecule has 0 spiro atoms. The monoisotopic (exact) mass is 509 g/mol. The molecule has 1 aliphatic carbocycles. The largest absolute Gasteiger partial charge is 0.436 e. The van der Waals surface area contributed by atoms with E-state index in [1.807, 2.05) is 48.5 Å². The molecule has 4 N–H and O–H groups in total. The minimum Gasteiger partial charge on any atom is -0.436 e. The van der Waals surface area contributed by atoms with Gasteiger partial charge in [-0.05, 0) is 38.9 Å². The fraction of sp³-hybridized carbons (Fsp3) is 0.407. The van der Waals surface area contributed by atoms with Crippen LogP contribution >= 0.6 is 0 Å². The summed E-state index contributed by atoms with van der Waals surface area (Å²) in [5, 5.41) is 10.8. The topological polar surface area (TPSA) is 129 Å². The Morgan fingerprint density at radius 3 is 1.89 bits per heavy atom. The van der Waals surface area contributed by atoms with Crippen LogP contribution in [0, 0.1) is 0 Å². The highest BCUT2D eigenvalue weighted by molar-refractivity contribution is 5.93. The van der Waals surface area contributed by atoms with Crippen molar-refractivity contribution in [3.63, 3.8) is 0 Å². The van der Waals surface area contributed by atoms with Gasteiger partial charge in [-0.15, -0.1) is 0 Å². The fourth-order valence-electron chi connectivity index (χ4n) is 4.02. The number of ether oxygens (including phenoxy) is 1. The molecule has 2 aromatic rings. The van der Waals surface area contributed by atoms with E-state index in [9.17, 15) is 19.2 Å². The predicted octanol–water partition coefficient (Wildman–Crippen LogP) is 1.56. The highest BCUT2D eigenvalue weighted by Crippen LogP contribution is 2.45. The summed E-state index contributed by atoms with van der Waals surface area (Å²) in [6.07, 6.45) is -1.24. The number of carbonyl (C=O) groups is 4. The molecule has 0 heterocycles. The standard InChI is InChI=1S/C27H35N5O5/c1-16(24(33)29-15-14-28-4)30-25(34)17(2)31-26(35)18(3)32(5)27(36)37-23-21-12-8-6-10-19(21)20-11-7-9-13-22(20)23/h6-13,16-18,23,28H,14-15H2,1-5H3,(H,29,33)(H,30,34)(H,31,35)/t16-,17-,18-/m0/s1. The highest BCUT2D eigenvalue weighted by Gasteiger charge is 2.34. The molecule has 0 bridgehead atoms. The maximum Gasteiger partial charge on any atom is 0.411 e. The second-order valence-corrected chi connectivity index (χ2v) is 9.08. The second-order valence-electron chi connectivity index (χ2n) is 9.08. The molecule has 0 saturated carbocycles. The zero-order valence-corrected chi connectivity index (χ0v) is 21.8. The molecule has 0 radical (unpaired) electrons. The smallest absolute Gasteiger partial charge is 0.411 e. The molecule has 3 rings (SSSR count). The van der Waals surface area contributed by atoms with E-state index < -0.39 is 42.1 Å². The van der Waals surface area contributed by atoms with E-state index in [0.29, 0.717) is 13.1 Å². The number of nitrogens with one attached hydrogen (secondary N) is 4. The molecule has 3 atom stereocenters. The fourth-order valence-corrected chi connectivity index (χ4v) is 4.02. The van der Waals surface area contributed by atoms with E-state index in [1.54, 1.807) is 20.9 Å². The van der Waals surface area contributed by atoms with E-state index in [0.717, 1.165) is 22.3 Å². The summed E-state index contributed by atoms with van der Waals surface area (Å²) in [5.41, 5.74) is 3.79. The summed E-state index contributed by atoms with van der Waals surface area (Å²) in [6, 6.07) is 12.9. The first-order chi connectivity index (χ1) is 17.6. The highest BCUT2D eigenvalue weighted by atomic mass is 16.6. The van der Waals surface area contributed by atoms with E-state index in [1.165, 1.54) is 18.9 Å².